The van der Waals surface area contributed by atoms with Crippen LogP contribution in [0, 0.1) is 11.7 Å². The first kappa shape index (κ1) is 22.7. The van der Waals surface area contributed by atoms with Gasteiger partial charge in [-0.1, -0.05) is 25.0 Å². The van der Waals surface area contributed by atoms with Crippen LogP contribution < -0.4 is 5.32 Å². The molecular weight excluding hydrogens is 407 g/mol. The average Bonchev–Trinajstić information content (AvgIpc) is 2.83. The summed E-state index contributed by atoms with van der Waals surface area (Å²) in [5.74, 6) is -0.799. The number of halogens is 1. The Morgan fingerprint density at radius 2 is 1.88 bits per heavy atom. The van der Waals surface area contributed by atoms with Crippen molar-refractivity contribution in [2.45, 2.75) is 51.2 Å². The molecule has 32 heavy (non-hydrogen) atoms. The second-order valence-corrected chi connectivity index (χ2v) is 8.98. The molecular formula is C25H33FN4O2. The van der Waals surface area contributed by atoms with Crippen molar-refractivity contribution < 1.29 is 14.3 Å². The van der Waals surface area contributed by atoms with Gasteiger partial charge in [0.15, 0.2) is 11.6 Å². The number of carbonyl (C=O) groups is 1. The molecule has 2 aliphatic rings. The summed E-state index contributed by atoms with van der Waals surface area (Å²) in [7, 11) is 0. The Bertz CT molecular complexity index is 895. The Labute approximate surface area is 189 Å². The van der Waals surface area contributed by atoms with E-state index in [0.717, 1.165) is 58.3 Å². The number of aromatic hydroxyl groups is 1. The van der Waals surface area contributed by atoms with E-state index in [0.29, 0.717) is 18.7 Å². The van der Waals surface area contributed by atoms with Crippen molar-refractivity contribution in [2.24, 2.45) is 5.92 Å². The Morgan fingerprint density at radius 1 is 1.06 bits per heavy atom. The molecule has 2 atom stereocenters. The van der Waals surface area contributed by atoms with Gasteiger partial charge in [-0.05, 0) is 56.1 Å². The molecule has 0 bridgehead atoms. The van der Waals surface area contributed by atoms with E-state index in [-0.39, 0.29) is 23.6 Å². The quantitative estimate of drug-likeness (QED) is 0.764. The number of likely N-dealkylation sites (tertiary alicyclic amines) is 1. The maximum Gasteiger partial charge on any atom is 0.224 e. The number of pyridine rings is 1. The highest BCUT2D eigenvalue weighted by Crippen LogP contribution is 2.29. The van der Waals surface area contributed by atoms with Crippen molar-refractivity contribution in [2.75, 3.05) is 26.2 Å². The van der Waals surface area contributed by atoms with Crippen molar-refractivity contribution in [3.8, 4) is 5.75 Å². The second-order valence-electron chi connectivity index (χ2n) is 8.98. The molecule has 1 aromatic carbocycles. The molecule has 0 spiro atoms. The molecule has 3 heterocycles. The second kappa shape index (κ2) is 10.9. The highest BCUT2D eigenvalue weighted by molar-refractivity contribution is 5.79. The molecule has 1 aromatic heterocycles. The Hall–Kier alpha value is -2.51. The predicted molar refractivity (Wildman–Crippen MR) is 121 cm³/mol. The van der Waals surface area contributed by atoms with Crippen molar-refractivity contribution in [3.63, 3.8) is 0 Å². The molecule has 2 saturated heterocycles. The van der Waals surface area contributed by atoms with E-state index in [4.69, 9.17) is 0 Å². The van der Waals surface area contributed by atoms with Gasteiger partial charge < -0.3 is 10.4 Å². The fourth-order valence-electron chi connectivity index (χ4n) is 4.97. The average molecular weight is 441 g/mol. The van der Waals surface area contributed by atoms with Crippen LogP contribution in [0.4, 0.5) is 4.39 Å². The summed E-state index contributed by atoms with van der Waals surface area (Å²) in [6.07, 6.45) is 8.78. The van der Waals surface area contributed by atoms with E-state index in [1.54, 1.807) is 12.1 Å². The van der Waals surface area contributed by atoms with Crippen LogP contribution in [0.2, 0.25) is 0 Å². The van der Waals surface area contributed by atoms with Gasteiger partial charge in [0.1, 0.15) is 0 Å². The lowest BCUT2D eigenvalue weighted by Crippen LogP contribution is -2.56. The third-order valence-corrected chi connectivity index (χ3v) is 6.74. The van der Waals surface area contributed by atoms with Crippen LogP contribution in [0.3, 0.4) is 0 Å². The Morgan fingerprint density at radius 3 is 2.72 bits per heavy atom. The summed E-state index contributed by atoms with van der Waals surface area (Å²) in [5.41, 5.74) is 1.78. The molecule has 2 fully saturated rings. The molecule has 0 saturated carbocycles. The highest BCUT2D eigenvalue weighted by Gasteiger charge is 2.37. The van der Waals surface area contributed by atoms with E-state index < -0.39 is 5.82 Å². The first-order chi connectivity index (χ1) is 15.6. The van der Waals surface area contributed by atoms with Gasteiger partial charge in [0.2, 0.25) is 5.91 Å². The number of para-hydroxylation sites is 1. The van der Waals surface area contributed by atoms with Crippen LogP contribution in [0.1, 0.15) is 43.2 Å². The third-order valence-electron chi connectivity index (χ3n) is 6.74. The van der Waals surface area contributed by atoms with Crippen LogP contribution in [0.5, 0.6) is 5.75 Å². The van der Waals surface area contributed by atoms with Gasteiger partial charge in [-0.3, -0.25) is 19.6 Å². The molecule has 0 radical (unpaired) electrons. The number of hydrogen-bond acceptors (Lipinski definition) is 5. The van der Waals surface area contributed by atoms with Crippen LogP contribution in [-0.2, 0) is 17.9 Å². The lowest BCUT2D eigenvalue weighted by molar-refractivity contribution is -0.129. The number of rotatable bonds is 4. The lowest BCUT2D eigenvalue weighted by Gasteiger charge is -2.43. The van der Waals surface area contributed by atoms with E-state index in [1.807, 2.05) is 24.5 Å². The maximum atomic E-state index is 13.8. The smallest absolute Gasteiger partial charge is 0.224 e. The van der Waals surface area contributed by atoms with Crippen LogP contribution in [-0.4, -0.2) is 58.0 Å². The number of hydrogen-bond donors (Lipinski definition) is 2. The van der Waals surface area contributed by atoms with Crippen molar-refractivity contribution in [1.82, 2.24) is 20.1 Å². The first-order valence-corrected chi connectivity index (χ1v) is 11.7. The van der Waals surface area contributed by atoms with Crippen molar-refractivity contribution in [3.05, 3.63) is 59.7 Å². The number of phenols is 1. The molecule has 6 nitrogen and oxygen atoms in total. The van der Waals surface area contributed by atoms with Gasteiger partial charge in [0, 0.05) is 50.2 Å². The number of nitrogens with one attached hydrogen (secondary N) is 1. The molecule has 4 rings (SSSR count). The fourth-order valence-corrected chi connectivity index (χ4v) is 4.97. The number of piperidine rings is 1. The van der Waals surface area contributed by atoms with Crippen molar-refractivity contribution >= 4 is 5.91 Å². The lowest BCUT2D eigenvalue weighted by atomic mass is 9.88. The van der Waals surface area contributed by atoms with Crippen LogP contribution >= 0.6 is 0 Å². The SMILES string of the molecule is O=C1NCCCCCCN(Cc2ccncc2)C2CN(Cc3cccc(F)c3O)CCC12. The molecule has 7 heteroatoms. The monoisotopic (exact) mass is 440 g/mol. The number of aromatic nitrogens is 1. The Kier molecular flexibility index (Phi) is 7.71. The van der Waals surface area contributed by atoms with Crippen LogP contribution in [0.15, 0.2) is 42.7 Å². The molecule has 2 aromatic rings. The largest absolute Gasteiger partial charge is 0.505 e. The molecule has 172 valence electrons. The number of carbonyl (C=O) groups excluding carboxylic acids is 1. The number of phenolic OH excluding ortho intramolecular Hbond substituents is 1. The molecule has 0 aliphatic carbocycles. The minimum absolute atomic E-state index is 0.0608. The zero-order chi connectivity index (χ0) is 22.3. The molecule has 1 amide bonds. The summed E-state index contributed by atoms with van der Waals surface area (Å²) in [6.45, 7) is 4.38. The zero-order valence-corrected chi connectivity index (χ0v) is 18.5. The predicted octanol–water partition coefficient (Wildman–Crippen LogP) is 3.31. The van der Waals surface area contributed by atoms with Gasteiger partial charge in [-0.25, -0.2) is 4.39 Å². The third kappa shape index (κ3) is 5.64. The highest BCUT2D eigenvalue weighted by atomic mass is 19.1. The van der Waals surface area contributed by atoms with Crippen LogP contribution in [0.25, 0.3) is 0 Å². The summed E-state index contributed by atoms with van der Waals surface area (Å²) >= 11 is 0. The normalized spacial score (nSPS) is 23.7. The van der Waals surface area contributed by atoms with E-state index in [9.17, 15) is 14.3 Å². The minimum Gasteiger partial charge on any atom is -0.505 e. The van der Waals surface area contributed by atoms with Crippen molar-refractivity contribution in [1.29, 1.82) is 0 Å². The topological polar surface area (TPSA) is 68.7 Å². The van der Waals surface area contributed by atoms with Gasteiger partial charge in [-0.2, -0.15) is 0 Å². The van der Waals surface area contributed by atoms with Gasteiger partial charge in [0.25, 0.3) is 0 Å². The minimum atomic E-state index is -0.592. The summed E-state index contributed by atoms with van der Waals surface area (Å²) in [5, 5.41) is 13.3. The summed E-state index contributed by atoms with van der Waals surface area (Å²) < 4.78 is 13.8. The fraction of sp³-hybridized carbons (Fsp3) is 0.520. The van der Waals surface area contributed by atoms with E-state index >= 15 is 0 Å². The zero-order valence-electron chi connectivity index (χ0n) is 18.5. The summed E-state index contributed by atoms with van der Waals surface area (Å²) in [4.78, 5) is 21.9. The number of fused-ring (bicyclic) bond motifs is 1. The van der Waals surface area contributed by atoms with Gasteiger partial charge in [-0.15, -0.1) is 0 Å². The molecule has 2 aliphatic heterocycles. The number of nitrogens with zero attached hydrogens (tertiary/aromatic N) is 3. The van der Waals surface area contributed by atoms with Gasteiger partial charge >= 0.3 is 0 Å². The summed E-state index contributed by atoms with van der Waals surface area (Å²) in [6, 6.07) is 8.80. The maximum absolute atomic E-state index is 13.8. The van der Waals surface area contributed by atoms with E-state index in [2.05, 4.69) is 20.1 Å². The van der Waals surface area contributed by atoms with E-state index in [1.165, 1.54) is 11.6 Å². The Balaban J connectivity index is 1.56. The molecule has 2 N–H and O–H groups in total. The number of amides is 1. The first-order valence-electron chi connectivity index (χ1n) is 11.7. The number of benzene rings is 1. The standard InChI is InChI=1S/C25H33FN4O2/c26-22-7-5-6-20(24(22)31)17-29-15-10-21-23(18-29)30(16-19-8-12-27-13-9-19)14-4-2-1-3-11-28-25(21)32/h5-9,12-13,21,23,31H,1-4,10-11,14-18H2,(H,28,32). The molecule has 2 unspecified atom stereocenters. The van der Waals surface area contributed by atoms with Gasteiger partial charge in [0.05, 0.1) is 5.92 Å².